The van der Waals surface area contributed by atoms with Crippen LogP contribution in [0.15, 0.2) is 30.3 Å². The average molecular weight is 490 g/mol. The zero-order valence-corrected chi connectivity index (χ0v) is 19.6. The molecule has 0 radical (unpaired) electrons. The maximum Gasteiger partial charge on any atom is 0.341 e. The van der Waals surface area contributed by atoms with E-state index in [1.807, 2.05) is 0 Å². The highest BCUT2D eigenvalue weighted by atomic mass is 32.2. The number of carboxylic acids is 1. The van der Waals surface area contributed by atoms with Crippen molar-refractivity contribution in [2.24, 2.45) is 5.92 Å². The number of fused-ring (bicyclic) bond motifs is 3. The van der Waals surface area contributed by atoms with E-state index in [0.717, 1.165) is 48.4 Å². The fraction of sp³-hybridized carbons (Fsp3) is 0.458. The van der Waals surface area contributed by atoms with Gasteiger partial charge in [-0.1, -0.05) is 13.0 Å². The topological polar surface area (TPSA) is 102 Å². The fourth-order valence-corrected chi connectivity index (χ4v) is 5.65. The molecule has 2 aromatic rings. The van der Waals surface area contributed by atoms with Crippen LogP contribution in [0.3, 0.4) is 0 Å². The van der Waals surface area contributed by atoms with E-state index in [-0.39, 0.29) is 41.3 Å². The monoisotopic (exact) mass is 489 g/mol. The van der Waals surface area contributed by atoms with E-state index in [2.05, 4.69) is 11.8 Å². The summed E-state index contributed by atoms with van der Waals surface area (Å²) in [4.78, 5) is 14.5. The lowest BCUT2D eigenvalue weighted by molar-refractivity contribution is 0.0472. The number of carboxylic acid groups (broad SMARTS) is 1. The van der Waals surface area contributed by atoms with Crippen LogP contribution < -0.4 is 9.04 Å². The van der Waals surface area contributed by atoms with Gasteiger partial charge in [0.1, 0.15) is 17.1 Å². The van der Waals surface area contributed by atoms with Crippen LogP contribution in [0.5, 0.6) is 5.75 Å². The van der Waals surface area contributed by atoms with Crippen LogP contribution in [0.4, 0.5) is 15.8 Å². The molecule has 5 rings (SSSR count). The van der Waals surface area contributed by atoms with E-state index >= 15 is 0 Å². The minimum atomic E-state index is -2.88. The van der Waals surface area contributed by atoms with Crippen molar-refractivity contribution in [3.63, 3.8) is 0 Å². The Morgan fingerprint density at radius 2 is 2.15 bits per heavy atom. The molecule has 3 aliphatic rings. The summed E-state index contributed by atoms with van der Waals surface area (Å²) >= 11 is -2.88. The van der Waals surface area contributed by atoms with Crippen molar-refractivity contribution in [3.05, 3.63) is 52.8 Å². The van der Waals surface area contributed by atoms with E-state index in [1.165, 1.54) is 18.2 Å². The average Bonchev–Trinajstić information content (AvgIpc) is 3.47. The highest BCUT2D eigenvalue weighted by Crippen LogP contribution is 2.56. The number of rotatable bonds is 8. The van der Waals surface area contributed by atoms with Crippen molar-refractivity contribution in [3.8, 4) is 5.75 Å². The van der Waals surface area contributed by atoms with E-state index in [1.54, 1.807) is 6.07 Å². The second-order valence-electron chi connectivity index (χ2n) is 9.00. The molecule has 1 saturated heterocycles. The molecular weight excluding hydrogens is 463 g/mol. The van der Waals surface area contributed by atoms with Crippen molar-refractivity contribution in [1.82, 2.24) is 4.90 Å². The molecule has 1 unspecified atom stereocenters. The van der Waals surface area contributed by atoms with Gasteiger partial charge < -0.3 is 24.0 Å². The fourth-order valence-electron chi connectivity index (χ4n) is 5.00. The smallest absolute Gasteiger partial charge is 0.341 e. The molecule has 8 nitrogen and oxygen atoms in total. The number of likely N-dealkylation sites (tertiary alicyclic amines) is 1. The Kier molecular flexibility index (Phi) is 6.32. The first-order valence-corrected chi connectivity index (χ1v) is 12.5. The molecule has 0 bridgehead atoms. The lowest BCUT2D eigenvalue weighted by atomic mass is 9.99. The summed E-state index contributed by atoms with van der Waals surface area (Å²) in [7, 11) is 0. The number of likely N-dealkylation sites (N-methyl/N-ethyl adjacent to an activating group) is 1. The van der Waals surface area contributed by atoms with Gasteiger partial charge in [-0.05, 0) is 55.1 Å². The number of hydrogen-bond acceptors (Lipinski definition) is 6. The molecule has 1 aliphatic carbocycles. The van der Waals surface area contributed by atoms with Crippen LogP contribution in [0.1, 0.15) is 47.2 Å². The van der Waals surface area contributed by atoms with Crippen LogP contribution in [0, 0.1) is 11.7 Å². The first-order valence-electron chi connectivity index (χ1n) is 11.4. The van der Waals surface area contributed by atoms with Crippen LogP contribution in [0.2, 0.25) is 0 Å². The first kappa shape index (κ1) is 23.2. The maximum absolute atomic E-state index is 14.2. The van der Waals surface area contributed by atoms with Gasteiger partial charge in [-0.15, -0.1) is 0 Å². The molecule has 4 atom stereocenters. The molecule has 0 spiro atoms. The zero-order valence-electron chi connectivity index (χ0n) is 18.7. The maximum atomic E-state index is 14.2. The van der Waals surface area contributed by atoms with Crippen LogP contribution >= 0.6 is 0 Å². The highest BCUT2D eigenvalue weighted by molar-refractivity contribution is 7.81. The molecule has 2 aliphatic heterocycles. The predicted octanol–water partition coefficient (Wildman–Crippen LogP) is 3.56. The summed E-state index contributed by atoms with van der Waals surface area (Å²) in [5, 5.41) is 10.0. The number of anilines is 2. The molecule has 1 N–H and O–H groups in total. The molecule has 34 heavy (non-hydrogen) atoms. The Balaban J connectivity index is 1.52. The number of nitrogens with zero attached hydrogens (tertiary/aromatic N) is 2. The molecule has 1 saturated carbocycles. The summed E-state index contributed by atoms with van der Waals surface area (Å²) in [5.41, 5.74) is 0.986. The van der Waals surface area contributed by atoms with Crippen molar-refractivity contribution < 1.29 is 32.5 Å². The Morgan fingerprint density at radius 3 is 2.85 bits per heavy atom. The minimum absolute atomic E-state index is 0.00336. The van der Waals surface area contributed by atoms with E-state index in [9.17, 15) is 23.1 Å². The molecule has 182 valence electrons. The molecule has 2 aromatic carbocycles. The molecule has 2 fully saturated rings. The summed E-state index contributed by atoms with van der Waals surface area (Å²) in [6, 6.07) is 6.94. The van der Waals surface area contributed by atoms with E-state index < -0.39 is 23.1 Å². The predicted molar refractivity (Wildman–Crippen MR) is 123 cm³/mol. The first-order chi connectivity index (χ1) is 16.4. The second kappa shape index (κ2) is 9.26. The Labute approximate surface area is 199 Å². The highest BCUT2D eigenvalue weighted by Gasteiger charge is 2.45. The summed E-state index contributed by atoms with van der Waals surface area (Å²) in [6.07, 6.45) is 1.72. The third-order valence-corrected chi connectivity index (χ3v) is 7.61. The molecular formula is C24H26FN2O6S-. The minimum Gasteiger partial charge on any atom is -0.755 e. The van der Waals surface area contributed by atoms with Crippen LogP contribution in [-0.2, 0) is 22.6 Å². The van der Waals surface area contributed by atoms with Crippen LogP contribution in [0.25, 0.3) is 0 Å². The number of aromatic carboxylic acids is 1. The summed E-state index contributed by atoms with van der Waals surface area (Å²) in [5.74, 6) is -0.986. The summed E-state index contributed by atoms with van der Waals surface area (Å²) in [6.45, 7) is 5.05. The van der Waals surface area contributed by atoms with E-state index in [0.29, 0.717) is 18.1 Å². The Hall–Kier alpha value is -2.53. The molecule has 0 amide bonds. The molecule has 2 heterocycles. The normalized spacial score (nSPS) is 24.1. The van der Waals surface area contributed by atoms with Gasteiger partial charge in [-0.2, -0.15) is 0 Å². The number of carbonyl (C=O) groups is 1. The zero-order chi connectivity index (χ0) is 24.0. The van der Waals surface area contributed by atoms with E-state index in [4.69, 9.17) is 9.47 Å². The summed E-state index contributed by atoms with van der Waals surface area (Å²) < 4.78 is 51.7. The van der Waals surface area contributed by atoms with Gasteiger partial charge >= 0.3 is 5.97 Å². The SMILES string of the molecule is CCN1CC[C@@H](OCc2cc(F)ccc2N(c2ccc3c(c2C(=O)O)OC[C@@H]2C[C@H]32)S(=O)[O-])C1. The Morgan fingerprint density at radius 1 is 1.35 bits per heavy atom. The second-order valence-corrected chi connectivity index (χ2v) is 9.80. The van der Waals surface area contributed by atoms with Gasteiger partial charge in [0.05, 0.1) is 42.0 Å². The van der Waals surface area contributed by atoms with Gasteiger partial charge in [0.15, 0.2) is 0 Å². The van der Waals surface area contributed by atoms with Gasteiger partial charge in [0, 0.05) is 24.6 Å². The third kappa shape index (κ3) is 4.31. The number of ether oxygens (including phenoxy) is 2. The van der Waals surface area contributed by atoms with Gasteiger partial charge in [0.25, 0.3) is 0 Å². The van der Waals surface area contributed by atoms with Gasteiger partial charge in [-0.3, -0.25) is 8.51 Å². The standard InChI is InChI=1S/C24H27FN2O6S/c1-2-26-8-7-17(11-26)32-13-15-9-16(25)3-5-20(15)27(34(30)31)21-6-4-18-19-10-14(19)12-33-23(18)22(21)24(28)29/h3-6,9,14,17,19H,2,7-8,10-13H2,1H3,(H,28,29)(H,30,31)/p-1/t14-,17+,19-/m0/s1. The van der Waals surface area contributed by atoms with Crippen molar-refractivity contribution in [2.45, 2.75) is 38.4 Å². The molecule has 10 heteroatoms. The quantitative estimate of drug-likeness (QED) is 0.566. The number of halogens is 1. The third-order valence-electron chi connectivity index (χ3n) is 6.92. The largest absolute Gasteiger partial charge is 0.755 e. The Bertz CT molecular complexity index is 1140. The lowest BCUT2D eigenvalue weighted by Crippen LogP contribution is -2.25. The van der Waals surface area contributed by atoms with Crippen LogP contribution in [-0.4, -0.2) is 57.1 Å². The van der Waals surface area contributed by atoms with Crippen molar-refractivity contribution in [1.29, 1.82) is 0 Å². The number of hydrogen-bond donors (Lipinski definition) is 1. The number of benzene rings is 2. The lowest BCUT2D eigenvalue weighted by Gasteiger charge is -2.31. The van der Waals surface area contributed by atoms with Crippen molar-refractivity contribution in [2.75, 3.05) is 30.5 Å². The molecule has 0 aromatic heterocycles. The van der Waals surface area contributed by atoms with Crippen molar-refractivity contribution >= 4 is 28.6 Å². The van der Waals surface area contributed by atoms with Gasteiger partial charge in [-0.25, -0.2) is 9.18 Å². The van der Waals surface area contributed by atoms with Gasteiger partial charge in [0.2, 0.25) is 0 Å².